The molecule has 0 atom stereocenters. The van der Waals surface area contributed by atoms with E-state index in [1.807, 2.05) is 0 Å². The second-order valence-corrected chi connectivity index (χ2v) is 6.12. The predicted octanol–water partition coefficient (Wildman–Crippen LogP) is 3.16. The Bertz CT molecular complexity index is 792. The van der Waals surface area contributed by atoms with Crippen LogP contribution in [0.5, 0.6) is 0 Å². The van der Waals surface area contributed by atoms with Crippen LogP contribution in [0.15, 0.2) is 34.7 Å². The molecule has 5 nitrogen and oxygen atoms in total. The average molecular weight is 331 g/mol. The Balaban J connectivity index is 1.74. The van der Waals surface area contributed by atoms with Crippen LogP contribution in [0.3, 0.4) is 0 Å². The van der Waals surface area contributed by atoms with Gasteiger partial charge >= 0.3 is 5.97 Å². The Morgan fingerprint density at radius 2 is 2.08 bits per heavy atom. The zero-order valence-corrected chi connectivity index (χ0v) is 13.3. The number of hydrogen-bond donors (Lipinski definition) is 2. The Morgan fingerprint density at radius 3 is 2.62 bits per heavy atom. The second kappa shape index (κ2) is 6.11. The number of rotatable bonds is 5. The minimum atomic E-state index is -1.07. The van der Waals surface area contributed by atoms with Crippen LogP contribution in [-0.4, -0.2) is 17.0 Å². The molecule has 24 heavy (non-hydrogen) atoms. The largest absolute Gasteiger partial charge is 0.478 e. The van der Waals surface area contributed by atoms with Crippen molar-refractivity contribution in [3.8, 4) is 0 Å². The highest BCUT2D eigenvalue weighted by Crippen LogP contribution is 2.44. The first-order chi connectivity index (χ1) is 11.4. The van der Waals surface area contributed by atoms with Crippen molar-refractivity contribution in [3.05, 3.63) is 58.8 Å². The zero-order chi connectivity index (χ0) is 17.3. The lowest BCUT2D eigenvalue weighted by Crippen LogP contribution is -2.49. The number of carboxylic acid groups (broad SMARTS) is 1. The molecule has 1 amide bonds. The van der Waals surface area contributed by atoms with Crippen LogP contribution in [0, 0.1) is 12.7 Å². The first-order valence-electron chi connectivity index (χ1n) is 7.79. The Labute approximate surface area is 138 Å². The molecule has 1 fully saturated rings. The minimum absolute atomic E-state index is 0.0859. The molecule has 3 rings (SSSR count). The molecule has 1 aliphatic rings. The number of furan rings is 1. The summed E-state index contributed by atoms with van der Waals surface area (Å²) in [7, 11) is 0. The van der Waals surface area contributed by atoms with E-state index in [0.717, 1.165) is 6.42 Å². The molecule has 0 bridgehead atoms. The Hall–Kier alpha value is -2.63. The number of hydrogen-bond acceptors (Lipinski definition) is 3. The molecular formula is C18H18FNO4. The fourth-order valence-corrected chi connectivity index (χ4v) is 3.14. The minimum Gasteiger partial charge on any atom is -0.478 e. The standard InChI is InChI=1S/C18H18FNO4/c1-11-15(16(21)22)9-14(24-11)10-20-17(23)18(6-3-7-18)12-4-2-5-13(19)8-12/h2,4-5,8-9H,3,6-7,10H2,1H3,(H,20,23)(H,21,22). The van der Waals surface area contributed by atoms with Crippen molar-refractivity contribution >= 4 is 11.9 Å². The monoisotopic (exact) mass is 331 g/mol. The number of halogens is 1. The van der Waals surface area contributed by atoms with Gasteiger partial charge in [-0.2, -0.15) is 0 Å². The predicted molar refractivity (Wildman–Crippen MR) is 84.2 cm³/mol. The first-order valence-corrected chi connectivity index (χ1v) is 7.79. The highest BCUT2D eigenvalue weighted by atomic mass is 19.1. The van der Waals surface area contributed by atoms with Gasteiger partial charge in [0.2, 0.25) is 5.91 Å². The summed E-state index contributed by atoms with van der Waals surface area (Å²) < 4.78 is 18.9. The van der Waals surface area contributed by atoms with Gasteiger partial charge in [0.15, 0.2) is 0 Å². The summed E-state index contributed by atoms with van der Waals surface area (Å²) in [6.07, 6.45) is 2.24. The topological polar surface area (TPSA) is 79.5 Å². The molecule has 0 spiro atoms. The Kier molecular flexibility index (Phi) is 4.13. The fraction of sp³-hybridized carbons (Fsp3) is 0.333. The maximum Gasteiger partial charge on any atom is 0.339 e. The normalized spacial score (nSPS) is 15.6. The van der Waals surface area contributed by atoms with Gasteiger partial charge in [0.1, 0.15) is 22.9 Å². The molecule has 1 saturated carbocycles. The van der Waals surface area contributed by atoms with Gasteiger partial charge in [0.25, 0.3) is 0 Å². The van der Waals surface area contributed by atoms with Crippen LogP contribution in [0.1, 0.15) is 46.7 Å². The van der Waals surface area contributed by atoms with E-state index in [2.05, 4.69) is 5.32 Å². The summed E-state index contributed by atoms with van der Waals surface area (Å²) in [5.41, 5.74) is 0.0511. The third-order valence-electron chi connectivity index (χ3n) is 4.64. The fourth-order valence-electron chi connectivity index (χ4n) is 3.14. The van der Waals surface area contributed by atoms with Crippen LogP contribution in [-0.2, 0) is 16.8 Å². The van der Waals surface area contributed by atoms with Gasteiger partial charge in [-0.25, -0.2) is 9.18 Å². The van der Waals surface area contributed by atoms with Gasteiger partial charge < -0.3 is 14.8 Å². The summed E-state index contributed by atoms with van der Waals surface area (Å²) >= 11 is 0. The Morgan fingerprint density at radius 1 is 1.33 bits per heavy atom. The molecule has 126 valence electrons. The molecule has 1 aliphatic carbocycles. The number of benzene rings is 1. The summed E-state index contributed by atoms with van der Waals surface area (Å²) in [5.74, 6) is -0.934. The molecule has 0 aliphatic heterocycles. The van der Waals surface area contributed by atoms with E-state index < -0.39 is 11.4 Å². The maximum atomic E-state index is 13.5. The number of aryl methyl sites for hydroxylation is 1. The van der Waals surface area contributed by atoms with Crippen molar-refractivity contribution in [2.45, 2.75) is 38.1 Å². The summed E-state index contributed by atoms with van der Waals surface area (Å²) in [5, 5.41) is 11.8. The first kappa shape index (κ1) is 16.2. The molecule has 0 radical (unpaired) electrons. The molecule has 6 heteroatoms. The zero-order valence-electron chi connectivity index (χ0n) is 13.3. The highest BCUT2D eigenvalue weighted by Gasteiger charge is 2.45. The molecule has 1 aromatic heterocycles. The third kappa shape index (κ3) is 2.79. The van der Waals surface area contributed by atoms with E-state index in [1.165, 1.54) is 18.2 Å². The van der Waals surface area contributed by atoms with Crippen molar-refractivity contribution in [1.82, 2.24) is 5.32 Å². The van der Waals surface area contributed by atoms with Crippen LogP contribution < -0.4 is 5.32 Å². The van der Waals surface area contributed by atoms with Crippen molar-refractivity contribution in [1.29, 1.82) is 0 Å². The second-order valence-electron chi connectivity index (χ2n) is 6.12. The lowest BCUT2D eigenvalue weighted by atomic mass is 9.64. The quantitative estimate of drug-likeness (QED) is 0.882. The molecule has 0 saturated heterocycles. The van der Waals surface area contributed by atoms with Crippen LogP contribution in [0.25, 0.3) is 0 Å². The number of aromatic carboxylic acids is 1. The van der Waals surface area contributed by atoms with Crippen molar-refractivity contribution in [2.75, 3.05) is 0 Å². The lowest BCUT2D eigenvalue weighted by molar-refractivity contribution is -0.130. The van der Waals surface area contributed by atoms with E-state index in [9.17, 15) is 14.0 Å². The summed E-state index contributed by atoms with van der Waals surface area (Å²) in [4.78, 5) is 23.7. The third-order valence-corrected chi connectivity index (χ3v) is 4.64. The molecule has 2 aromatic rings. The summed E-state index contributed by atoms with van der Waals surface area (Å²) in [6.45, 7) is 1.67. The van der Waals surface area contributed by atoms with Crippen molar-refractivity contribution < 1.29 is 23.5 Å². The average Bonchev–Trinajstić information content (AvgIpc) is 2.85. The highest BCUT2D eigenvalue weighted by molar-refractivity contribution is 5.90. The smallest absolute Gasteiger partial charge is 0.339 e. The number of carbonyl (C=O) groups is 2. The summed E-state index contributed by atoms with van der Waals surface area (Å²) in [6, 6.07) is 7.53. The molecule has 1 heterocycles. The van der Waals surface area contributed by atoms with Crippen LogP contribution in [0.2, 0.25) is 0 Å². The number of nitrogens with one attached hydrogen (secondary N) is 1. The molecule has 2 N–H and O–H groups in total. The van der Waals surface area contributed by atoms with E-state index >= 15 is 0 Å². The number of amides is 1. The van der Waals surface area contributed by atoms with Crippen LogP contribution in [0.4, 0.5) is 4.39 Å². The van der Waals surface area contributed by atoms with Gasteiger partial charge in [-0.05, 0) is 43.5 Å². The maximum absolute atomic E-state index is 13.5. The number of carbonyl (C=O) groups excluding carboxylic acids is 1. The number of carboxylic acids is 1. The van der Waals surface area contributed by atoms with Gasteiger partial charge in [0.05, 0.1) is 12.0 Å². The van der Waals surface area contributed by atoms with E-state index in [-0.39, 0.29) is 23.8 Å². The lowest BCUT2D eigenvalue weighted by Gasteiger charge is -2.40. The van der Waals surface area contributed by atoms with Crippen LogP contribution >= 0.6 is 0 Å². The van der Waals surface area contributed by atoms with Crippen molar-refractivity contribution in [2.24, 2.45) is 0 Å². The van der Waals surface area contributed by atoms with Gasteiger partial charge in [-0.1, -0.05) is 18.6 Å². The SMILES string of the molecule is Cc1oc(CNC(=O)C2(c3cccc(F)c3)CCC2)cc1C(=O)O. The van der Waals surface area contributed by atoms with Crippen molar-refractivity contribution in [3.63, 3.8) is 0 Å². The molecule has 0 unspecified atom stereocenters. The molecule has 1 aromatic carbocycles. The van der Waals surface area contributed by atoms with Gasteiger partial charge in [-0.3, -0.25) is 4.79 Å². The van der Waals surface area contributed by atoms with Gasteiger partial charge in [-0.15, -0.1) is 0 Å². The molecular weight excluding hydrogens is 313 g/mol. The van der Waals surface area contributed by atoms with Gasteiger partial charge in [0, 0.05) is 0 Å². The van der Waals surface area contributed by atoms with E-state index in [0.29, 0.717) is 29.9 Å². The van der Waals surface area contributed by atoms with E-state index in [4.69, 9.17) is 9.52 Å². The van der Waals surface area contributed by atoms with E-state index in [1.54, 1.807) is 19.1 Å².